The number of piperidine rings is 1. The maximum absolute atomic E-state index is 14.1. The number of carbonyl (C=O) groups is 2. The Labute approximate surface area is 164 Å². The van der Waals surface area contributed by atoms with Crippen LogP contribution in [0.5, 0.6) is 0 Å². The Morgan fingerprint density at radius 2 is 1.89 bits per heavy atom. The summed E-state index contributed by atoms with van der Waals surface area (Å²) in [7, 11) is 0. The molecule has 2 aliphatic carbocycles. The molecule has 2 saturated carbocycles. The van der Waals surface area contributed by atoms with Crippen LogP contribution in [-0.4, -0.2) is 41.4 Å². The third kappa shape index (κ3) is 4.39. The number of alkyl halides is 2. The average Bonchev–Trinajstić information content (AvgIpc) is 3.40. The fraction of sp³-hybridized carbons (Fsp3) is 0.850. The molecule has 1 aliphatic heterocycles. The molecule has 1 unspecified atom stereocenters. The van der Waals surface area contributed by atoms with Crippen molar-refractivity contribution in [3.8, 4) is 6.07 Å². The SMILES string of the molecule is CC(F)(F)C[C@H](C(=O)NC1(C#N)CC1)C1CN(C(N)=O)CCC12CCCCC2. The molecule has 3 N–H and O–H groups in total. The fourth-order valence-electron chi connectivity index (χ4n) is 5.22. The highest BCUT2D eigenvalue weighted by Crippen LogP contribution is 2.52. The van der Waals surface area contributed by atoms with Crippen LogP contribution in [0.2, 0.25) is 0 Å². The first-order chi connectivity index (χ1) is 13.1. The van der Waals surface area contributed by atoms with E-state index in [2.05, 4.69) is 11.4 Å². The Morgan fingerprint density at radius 3 is 2.39 bits per heavy atom. The van der Waals surface area contributed by atoms with Gasteiger partial charge in [0.1, 0.15) is 5.54 Å². The molecule has 6 nitrogen and oxygen atoms in total. The minimum absolute atomic E-state index is 0.221. The van der Waals surface area contributed by atoms with Gasteiger partial charge in [-0.25, -0.2) is 13.6 Å². The molecule has 0 radical (unpaired) electrons. The largest absolute Gasteiger partial charge is 0.351 e. The summed E-state index contributed by atoms with van der Waals surface area (Å²) in [5.41, 5.74) is 4.35. The molecular weight excluding hydrogens is 366 g/mol. The molecule has 3 fully saturated rings. The Kier molecular flexibility index (Phi) is 5.57. The van der Waals surface area contributed by atoms with Crippen LogP contribution in [0.3, 0.4) is 0 Å². The quantitative estimate of drug-likeness (QED) is 0.746. The number of nitrogens with zero attached hydrogens (tertiary/aromatic N) is 2. The van der Waals surface area contributed by atoms with Crippen molar-refractivity contribution in [2.24, 2.45) is 23.0 Å². The summed E-state index contributed by atoms with van der Waals surface area (Å²) < 4.78 is 28.2. The van der Waals surface area contributed by atoms with Crippen molar-refractivity contribution in [2.45, 2.75) is 76.2 Å². The minimum Gasteiger partial charge on any atom is -0.351 e. The van der Waals surface area contributed by atoms with Crippen molar-refractivity contribution < 1.29 is 18.4 Å². The highest BCUT2D eigenvalue weighted by Gasteiger charge is 2.53. The highest BCUT2D eigenvalue weighted by atomic mass is 19.3. The fourth-order valence-corrected chi connectivity index (χ4v) is 5.22. The number of carbonyl (C=O) groups excluding carboxylic acids is 2. The zero-order valence-electron chi connectivity index (χ0n) is 16.5. The summed E-state index contributed by atoms with van der Waals surface area (Å²) in [6, 6.07) is 1.52. The Bertz CT molecular complexity index is 660. The number of hydrogen-bond donors (Lipinski definition) is 2. The lowest BCUT2D eigenvalue weighted by atomic mass is 9.58. The van der Waals surface area contributed by atoms with Crippen molar-refractivity contribution in [1.82, 2.24) is 10.2 Å². The molecule has 8 heteroatoms. The Hall–Kier alpha value is -1.91. The van der Waals surface area contributed by atoms with Crippen LogP contribution in [0.15, 0.2) is 0 Å². The van der Waals surface area contributed by atoms with Crippen LogP contribution >= 0.6 is 0 Å². The van der Waals surface area contributed by atoms with Crippen LogP contribution in [-0.2, 0) is 4.79 Å². The maximum atomic E-state index is 14.1. The van der Waals surface area contributed by atoms with Gasteiger partial charge in [0.25, 0.3) is 0 Å². The normalized spacial score (nSPS) is 26.9. The number of nitrogens with one attached hydrogen (secondary N) is 1. The van der Waals surface area contributed by atoms with Crippen LogP contribution in [0.1, 0.15) is 64.7 Å². The summed E-state index contributed by atoms with van der Waals surface area (Å²) in [5.74, 6) is -4.83. The number of nitriles is 1. The predicted octanol–water partition coefficient (Wildman–Crippen LogP) is 3.17. The van der Waals surface area contributed by atoms with E-state index >= 15 is 0 Å². The molecule has 0 aromatic carbocycles. The monoisotopic (exact) mass is 396 g/mol. The molecular formula is C20H30F2N4O2. The van der Waals surface area contributed by atoms with E-state index in [1.54, 1.807) is 0 Å². The molecule has 156 valence electrons. The third-order valence-corrected chi connectivity index (χ3v) is 6.97. The topological polar surface area (TPSA) is 99.2 Å². The number of likely N-dealkylation sites (tertiary alicyclic amines) is 1. The van der Waals surface area contributed by atoms with Gasteiger partial charge in [0.05, 0.1) is 6.07 Å². The van der Waals surface area contributed by atoms with Crippen molar-refractivity contribution >= 4 is 11.9 Å². The van der Waals surface area contributed by atoms with Crippen molar-refractivity contribution in [1.29, 1.82) is 5.26 Å². The van der Waals surface area contributed by atoms with E-state index in [-0.39, 0.29) is 17.9 Å². The van der Waals surface area contributed by atoms with Gasteiger partial charge in [0.2, 0.25) is 11.8 Å². The zero-order chi connectivity index (χ0) is 20.6. The predicted molar refractivity (Wildman–Crippen MR) is 99.2 cm³/mol. The summed E-state index contributed by atoms with van der Waals surface area (Å²) in [6.07, 6.45) is 6.08. The van der Waals surface area contributed by atoms with E-state index in [0.717, 1.165) is 39.0 Å². The van der Waals surface area contributed by atoms with E-state index in [1.807, 2.05) is 0 Å². The molecule has 28 heavy (non-hydrogen) atoms. The Morgan fingerprint density at radius 1 is 1.25 bits per heavy atom. The first-order valence-corrected chi connectivity index (χ1v) is 10.3. The van der Waals surface area contributed by atoms with Crippen LogP contribution in [0.4, 0.5) is 13.6 Å². The van der Waals surface area contributed by atoms with Crippen molar-refractivity contribution in [3.63, 3.8) is 0 Å². The minimum atomic E-state index is -3.02. The molecule has 0 bridgehead atoms. The highest BCUT2D eigenvalue weighted by molar-refractivity contribution is 5.81. The second-order valence-electron chi connectivity index (χ2n) is 9.13. The molecule has 2 atom stereocenters. The number of amides is 3. The number of hydrogen-bond acceptors (Lipinski definition) is 3. The van der Waals surface area contributed by atoms with E-state index < -0.39 is 35.7 Å². The summed E-state index contributed by atoms with van der Waals surface area (Å²) in [5, 5.41) is 12.0. The first kappa shape index (κ1) is 20.8. The number of rotatable bonds is 5. The first-order valence-electron chi connectivity index (χ1n) is 10.3. The number of urea groups is 1. The molecule has 3 rings (SSSR count). The standard InChI is InChI=1S/C20H30F2N4O2/c1-18(21,22)11-14(16(27)25-20(13-23)7-8-20)15-12-26(17(24)28)10-9-19(15)5-3-2-4-6-19/h14-15H,2-12H2,1H3,(H2,24,28)(H,25,27)/t14-,15?/m0/s1. The van der Waals surface area contributed by atoms with Gasteiger partial charge in [-0.15, -0.1) is 0 Å². The van der Waals surface area contributed by atoms with E-state index in [1.165, 1.54) is 4.90 Å². The van der Waals surface area contributed by atoms with Gasteiger partial charge in [0, 0.05) is 25.4 Å². The molecule has 1 spiro atoms. The number of nitrogens with two attached hydrogens (primary N) is 1. The average molecular weight is 396 g/mol. The Balaban J connectivity index is 1.91. The lowest BCUT2D eigenvalue weighted by Gasteiger charge is -2.52. The van der Waals surface area contributed by atoms with Gasteiger partial charge in [-0.05, 0) is 50.4 Å². The van der Waals surface area contributed by atoms with Gasteiger partial charge in [-0.1, -0.05) is 19.3 Å². The smallest absolute Gasteiger partial charge is 0.314 e. The molecule has 1 saturated heterocycles. The van der Waals surface area contributed by atoms with E-state index in [4.69, 9.17) is 5.73 Å². The molecule has 0 aromatic rings. The van der Waals surface area contributed by atoms with Gasteiger partial charge < -0.3 is 16.0 Å². The van der Waals surface area contributed by atoms with Crippen LogP contribution in [0, 0.1) is 28.6 Å². The lowest BCUT2D eigenvalue weighted by Crippen LogP contribution is -2.57. The van der Waals surface area contributed by atoms with Crippen LogP contribution < -0.4 is 11.1 Å². The van der Waals surface area contributed by atoms with E-state index in [0.29, 0.717) is 25.8 Å². The molecule has 1 heterocycles. The lowest BCUT2D eigenvalue weighted by molar-refractivity contribution is -0.138. The second-order valence-corrected chi connectivity index (χ2v) is 9.13. The summed E-state index contributed by atoms with van der Waals surface area (Å²) >= 11 is 0. The van der Waals surface area contributed by atoms with Gasteiger partial charge in [-0.2, -0.15) is 5.26 Å². The van der Waals surface area contributed by atoms with Crippen LogP contribution in [0.25, 0.3) is 0 Å². The van der Waals surface area contributed by atoms with Crippen molar-refractivity contribution in [3.05, 3.63) is 0 Å². The van der Waals surface area contributed by atoms with Gasteiger partial charge in [0.15, 0.2) is 0 Å². The molecule has 0 aromatic heterocycles. The summed E-state index contributed by atoms with van der Waals surface area (Å²) in [4.78, 5) is 26.4. The van der Waals surface area contributed by atoms with Gasteiger partial charge >= 0.3 is 6.03 Å². The second kappa shape index (κ2) is 7.49. The summed E-state index contributed by atoms with van der Waals surface area (Å²) in [6.45, 7) is 1.56. The molecule has 3 amide bonds. The molecule has 3 aliphatic rings. The third-order valence-electron chi connectivity index (χ3n) is 6.97. The van der Waals surface area contributed by atoms with Crippen molar-refractivity contribution in [2.75, 3.05) is 13.1 Å². The number of primary amides is 1. The zero-order valence-corrected chi connectivity index (χ0v) is 16.5. The number of halogens is 2. The maximum Gasteiger partial charge on any atom is 0.314 e. The van der Waals surface area contributed by atoms with E-state index in [9.17, 15) is 23.6 Å². The van der Waals surface area contributed by atoms with Gasteiger partial charge in [-0.3, -0.25) is 4.79 Å².